The monoisotopic (exact) mass is 356 g/mol. The van der Waals surface area contributed by atoms with Crippen molar-refractivity contribution in [2.24, 2.45) is 0 Å². The molecule has 2 aromatic rings. The van der Waals surface area contributed by atoms with Crippen LogP contribution in [0.5, 0.6) is 0 Å². The smallest absolute Gasteiger partial charge is 0.244 e. The maximum absolute atomic E-state index is 12.9. The summed E-state index contributed by atoms with van der Waals surface area (Å²) in [7, 11) is 1.54. The van der Waals surface area contributed by atoms with Crippen molar-refractivity contribution < 1.29 is 14.4 Å². The van der Waals surface area contributed by atoms with Gasteiger partial charge in [-0.15, -0.1) is 0 Å². The van der Waals surface area contributed by atoms with Gasteiger partial charge in [0.25, 0.3) is 0 Å². The fourth-order valence-electron chi connectivity index (χ4n) is 3.57. The Hall–Kier alpha value is -2.83. The van der Waals surface area contributed by atoms with Crippen molar-refractivity contribution in [1.29, 1.82) is 0 Å². The molecule has 2 heterocycles. The number of hydrogen-bond donors (Lipinski definition) is 1. The van der Waals surface area contributed by atoms with Gasteiger partial charge in [-0.3, -0.25) is 14.4 Å². The molecule has 7 nitrogen and oxygen atoms in total. The van der Waals surface area contributed by atoms with Crippen LogP contribution >= 0.6 is 0 Å². The third kappa shape index (κ3) is 3.29. The topological polar surface area (TPSA) is 74.7 Å². The van der Waals surface area contributed by atoms with Gasteiger partial charge < -0.3 is 19.7 Å². The maximum atomic E-state index is 12.9. The summed E-state index contributed by atoms with van der Waals surface area (Å²) >= 11 is 0. The van der Waals surface area contributed by atoms with E-state index in [0.29, 0.717) is 13.1 Å². The van der Waals surface area contributed by atoms with Crippen molar-refractivity contribution in [3.63, 3.8) is 0 Å². The zero-order chi connectivity index (χ0) is 18.8. The fourth-order valence-corrected chi connectivity index (χ4v) is 3.57. The molecule has 1 aromatic heterocycles. The summed E-state index contributed by atoms with van der Waals surface area (Å²) in [6.45, 7) is 4.67. The summed E-state index contributed by atoms with van der Waals surface area (Å²) in [6.07, 6.45) is 0. The van der Waals surface area contributed by atoms with Crippen molar-refractivity contribution in [3.05, 3.63) is 36.0 Å². The number of fused-ring (bicyclic) bond motifs is 1. The van der Waals surface area contributed by atoms with E-state index in [0.717, 1.165) is 16.6 Å². The van der Waals surface area contributed by atoms with E-state index in [4.69, 9.17) is 0 Å². The van der Waals surface area contributed by atoms with Crippen LogP contribution in [0.2, 0.25) is 0 Å². The molecule has 0 saturated carbocycles. The first-order chi connectivity index (χ1) is 12.4. The van der Waals surface area contributed by atoms with E-state index in [2.05, 4.69) is 11.4 Å². The first-order valence-corrected chi connectivity index (χ1v) is 8.74. The zero-order valence-electron chi connectivity index (χ0n) is 15.4. The number of benzene rings is 1. The van der Waals surface area contributed by atoms with E-state index in [1.54, 1.807) is 4.90 Å². The van der Waals surface area contributed by atoms with E-state index < -0.39 is 6.04 Å². The average molecular weight is 356 g/mol. The lowest BCUT2D eigenvalue weighted by atomic mass is 10.1. The van der Waals surface area contributed by atoms with E-state index >= 15 is 0 Å². The normalized spacial score (nSPS) is 17.4. The minimum absolute atomic E-state index is 0.0495. The van der Waals surface area contributed by atoms with Crippen LogP contribution in [0.4, 0.5) is 0 Å². The van der Waals surface area contributed by atoms with Crippen LogP contribution in [0.15, 0.2) is 30.3 Å². The number of amides is 3. The SMILES string of the molecule is CNC(=O)C1CN(C(=O)Cn2c(C)cc3ccccc32)CCN1C(C)=O. The summed E-state index contributed by atoms with van der Waals surface area (Å²) in [5, 5.41) is 3.68. The van der Waals surface area contributed by atoms with Crippen LogP contribution in [0.1, 0.15) is 12.6 Å². The molecule has 1 aliphatic rings. The maximum Gasteiger partial charge on any atom is 0.244 e. The molecular formula is C19H24N4O3. The lowest BCUT2D eigenvalue weighted by molar-refractivity contribution is -0.147. The summed E-state index contributed by atoms with van der Waals surface area (Å²) in [5.41, 5.74) is 2.04. The summed E-state index contributed by atoms with van der Waals surface area (Å²) < 4.78 is 1.99. The Morgan fingerprint density at radius 1 is 1.19 bits per heavy atom. The van der Waals surface area contributed by atoms with Crippen LogP contribution in [0.25, 0.3) is 10.9 Å². The number of piperazine rings is 1. The Kier molecular flexibility index (Phi) is 4.97. The fraction of sp³-hybridized carbons (Fsp3) is 0.421. The van der Waals surface area contributed by atoms with Gasteiger partial charge in [-0.2, -0.15) is 0 Å². The van der Waals surface area contributed by atoms with Crippen molar-refractivity contribution >= 4 is 28.6 Å². The number of likely N-dealkylation sites (N-methyl/N-ethyl adjacent to an activating group) is 1. The number of aryl methyl sites for hydroxylation is 1. The van der Waals surface area contributed by atoms with E-state index in [-0.39, 0.29) is 30.8 Å². The molecule has 1 aliphatic heterocycles. The molecular weight excluding hydrogens is 332 g/mol. The van der Waals surface area contributed by atoms with Crippen LogP contribution in [-0.4, -0.2) is 64.8 Å². The van der Waals surface area contributed by atoms with E-state index in [9.17, 15) is 14.4 Å². The number of rotatable bonds is 3. The lowest BCUT2D eigenvalue weighted by Gasteiger charge is -2.40. The minimum atomic E-state index is -0.641. The van der Waals surface area contributed by atoms with Gasteiger partial charge in [-0.05, 0) is 24.4 Å². The van der Waals surface area contributed by atoms with Gasteiger partial charge in [0, 0.05) is 38.3 Å². The van der Waals surface area contributed by atoms with Crippen LogP contribution in [0, 0.1) is 6.92 Å². The number of aromatic nitrogens is 1. The molecule has 0 aliphatic carbocycles. The molecule has 1 N–H and O–H groups in total. The first kappa shape index (κ1) is 18.0. The number of para-hydroxylation sites is 1. The predicted octanol–water partition coefficient (Wildman–Crippen LogP) is 0.755. The Morgan fingerprint density at radius 3 is 2.62 bits per heavy atom. The van der Waals surface area contributed by atoms with Gasteiger partial charge in [-0.1, -0.05) is 18.2 Å². The van der Waals surface area contributed by atoms with Gasteiger partial charge in [0.05, 0.1) is 6.54 Å². The van der Waals surface area contributed by atoms with Crippen molar-refractivity contribution in [1.82, 2.24) is 19.7 Å². The van der Waals surface area contributed by atoms with Crippen molar-refractivity contribution in [2.45, 2.75) is 26.4 Å². The van der Waals surface area contributed by atoms with Crippen LogP contribution < -0.4 is 5.32 Å². The summed E-state index contributed by atoms with van der Waals surface area (Å²) in [4.78, 5) is 40.0. The number of carbonyl (C=O) groups excluding carboxylic acids is 3. The molecule has 1 atom stereocenters. The molecule has 1 saturated heterocycles. The van der Waals surface area contributed by atoms with Crippen LogP contribution in [0.3, 0.4) is 0 Å². The van der Waals surface area contributed by atoms with Gasteiger partial charge >= 0.3 is 0 Å². The molecule has 0 radical (unpaired) electrons. The molecule has 1 fully saturated rings. The molecule has 3 amide bonds. The average Bonchev–Trinajstić information content (AvgIpc) is 2.95. The quantitative estimate of drug-likeness (QED) is 0.882. The Morgan fingerprint density at radius 2 is 1.92 bits per heavy atom. The highest BCUT2D eigenvalue weighted by atomic mass is 16.2. The van der Waals surface area contributed by atoms with Gasteiger partial charge in [0.15, 0.2) is 0 Å². The largest absolute Gasteiger partial charge is 0.357 e. The van der Waals surface area contributed by atoms with Gasteiger partial charge in [-0.25, -0.2) is 0 Å². The Labute approximate surface area is 152 Å². The second-order valence-electron chi connectivity index (χ2n) is 6.61. The molecule has 26 heavy (non-hydrogen) atoms. The summed E-state index contributed by atoms with van der Waals surface area (Å²) in [6, 6.07) is 9.37. The van der Waals surface area contributed by atoms with Crippen LogP contribution in [-0.2, 0) is 20.9 Å². The highest BCUT2D eigenvalue weighted by molar-refractivity contribution is 5.89. The van der Waals surface area contributed by atoms with Crippen molar-refractivity contribution in [2.75, 3.05) is 26.7 Å². The molecule has 7 heteroatoms. The molecule has 138 valence electrons. The third-order valence-electron chi connectivity index (χ3n) is 5.00. The number of nitrogens with one attached hydrogen (secondary N) is 1. The number of carbonyl (C=O) groups is 3. The van der Waals surface area contributed by atoms with E-state index in [1.165, 1.54) is 18.9 Å². The Balaban J connectivity index is 1.78. The second kappa shape index (κ2) is 7.19. The van der Waals surface area contributed by atoms with Gasteiger partial charge in [0.1, 0.15) is 12.6 Å². The van der Waals surface area contributed by atoms with Gasteiger partial charge in [0.2, 0.25) is 17.7 Å². The summed E-state index contributed by atoms with van der Waals surface area (Å²) in [5.74, 6) is -0.454. The molecule has 3 rings (SSSR count). The number of hydrogen-bond acceptors (Lipinski definition) is 3. The lowest BCUT2D eigenvalue weighted by Crippen LogP contribution is -2.61. The van der Waals surface area contributed by atoms with Crippen molar-refractivity contribution in [3.8, 4) is 0 Å². The molecule has 1 aromatic carbocycles. The highest BCUT2D eigenvalue weighted by Gasteiger charge is 2.35. The molecule has 0 bridgehead atoms. The second-order valence-corrected chi connectivity index (χ2v) is 6.61. The Bertz CT molecular complexity index is 858. The standard InChI is InChI=1S/C19H24N4O3/c1-13-10-15-6-4-5-7-16(15)23(13)12-18(25)21-8-9-22(14(2)24)17(11-21)19(26)20-3/h4-7,10,17H,8-9,11-12H2,1-3H3,(H,20,26). The predicted molar refractivity (Wildman–Crippen MR) is 98.5 cm³/mol. The first-order valence-electron chi connectivity index (χ1n) is 8.74. The zero-order valence-corrected chi connectivity index (χ0v) is 15.4. The highest BCUT2D eigenvalue weighted by Crippen LogP contribution is 2.20. The van der Waals surface area contributed by atoms with E-state index in [1.807, 2.05) is 35.8 Å². The number of nitrogens with zero attached hydrogens (tertiary/aromatic N) is 3. The third-order valence-corrected chi connectivity index (χ3v) is 5.00. The molecule has 0 spiro atoms. The molecule has 1 unspecified atom stereocenters. The minimum Gasteiger partial charge on any atom is -0.357 e.